The number of amides is 1. The molecule has 1 aliphatic carbocycles. The Bertz CT molecular complexity index is 850. The lowest BCUT2D eigenvalue weighted by Crippen LogP contribution is -2.35. The van der Waals surface area contributed by atoms with Gasteiger partial charge < -0.3 is 19.4 Å². The molecule has 156 valence electrons. The van der Waals surface area contributed by atoms with Gasteiger partial charge in [0.15, 0.2) is 28.6 Å². The molecule has 2 aromatic rings. The average molecular weight is 417 g/mol. The van der Waals surface area contributed by atoms with Crippen LogP contribution in [0.5, 0.6) is 11.5 Å². The fraction of sp³-hybridized carbons (Fsp3) is 0.571. The standard InChI is InChI=1S/C21H28N4O3S/c1-14(20(26)22-12-15-8-4-3-5-9-15)29-21-24-23-19(25(21)2)18-13-27-16-10-6-7-11-17(16)28-18/h6-7,10-11,14-15,18H,3-5,8-9,12-13H2,1-2H3,(H,22,26). The van der Waals surface area contributed by atoms with E-state index in [1.807, 2.05) is 42.8 Å². The number of fused-ring (bicyclic) bond motifs is 1. The minimum absolute atomic E-state index is 0.0521. The summed E-state index contributed by atoms with van der Waals surface area (Å²) in [6.07, 6.45) is 6.01. The van der Waals surface area contributed by atoms with Crippen molar-refractivity contribution in [3.05, 3.63) is 30.1 Å². The summed E-state index contributed by atoms with van der Waals surface area (Å²) in [5.41, 5.74) is 0. The van der Waals surface area contributed by atoms with Crippen molar-refractivity contribution in [1.82, 2.24) is 20.1 Å². The minimum Gasteiger partial charge on any atom is -0.485 e. The maximum absolute atomic E-state index is 12.5. The third-order valence-corrected chi connectivity index (χ3v) is 6.74. The van der Waals surface area contributed by atoms with Crippen molar-refractivity contribution in [2.45, 2.75) is 55.5 Å². The lowest BCUT2D eigenvalue weighted by Gasteiger charge is -2.25. The van der Waals surface area contributed by atoms with Crippen LogP contribution >= 0.6 is 11.8 Å². The molecule has 0 bridgehead atoms. The van der Waals surface area contributed by atoms with Crippen molar-refractivity contribution in [3.63, 3.8) is 0 Å². The number of hydrogen-bond acceptors (Lipinski definition) is 6. The largest absolute Gasteiger partial charge is 0.485 e. The molecule has 7 nitrogen and oxygen atoms in total. The van der Waals surface area contributed by atoms with Crippen LogP contribution in [0.1, 0.15) is 51.0 Å². The van der Waals surface area contributed by atoms with Crippen LogP contribution in [-0.4, -0.2) is 39.1 Å². The van der Waals surface area contributed by atoms with Gasteiger partial charge in [-0.25, -0.2) is 0 Å². The molecular weight excluding hydrogens is 388 g/mol. The highest BCUT2D eigenvalue weighted by molar-refractivity contribution is 8.00. The Morgan fingerprint density at radius 2 is 2.00 bits per heavy atom. The van der Waals surface area contributed by atoms with Crippen LogP contribution in [-0.2, 0) is 11.8 Å². The maximum Gasteiger partial charge on any atom is 0.233 e. The number of carbonyl (C=O) groups is 1. The van der Waals surface area contributed by atoms with E-state index in [2.05, 4.69) is 15.5 Å². The molecule has 1 aliphatic heterocycles. The Morgan fingerprint density at radius 1 is 1.24 bits per heavy atom. The molecule has 1 aromatic heterocycles. The molecule has 2 aliphatic rings. The summed E-state index contributed by atoms with van der Waals surface area (Å²) in [6.45, 7) is 3.07. The Morgan fingerprint density at radius 3 is 2.79 bits per heavy atom. The van der Waals surface area contributed by atoms with E-state index < -0.39 is 0 Å². The van der Waals surface area contributed by atoms with Crippen LogP contribution < -0.4 is 14.8 Å². The second-order valence-corrected chi connectivity index (χ2v) is 9.08. The Labute approximate surface area is 175 Å². The summed E-state index contributed by atoms with van der Waals surface area (Å²) in [7, 11) is 1.90. The summed E-state index contributed by atoms with van der Waals surface area (Å²) >= 11 is 1.42. The third kappa shape index (κ3) is 4.69. The van der Waals surface area contributed by atoms with Crippen LogP contribution in [0.2, 0.25) is 0 Å². The predicted molar refractivity (Wildman–Crippen MR) is 111 cm³/mol. The molecule has 0 radical (unpaired) electrons. The number of aromatic nitrogens is 3. The quantitative estimate of drug-likeness (QED) is 0.726. The van der Waals surface area contributed by atoms with E-state index in [-0.39, 0.29) is 17.3 Å². The van der Waals surface area contributed by atoms with Crippen molar-refractivity contribution < 1.29 is 14.3 Å². The van der Waals surface area contributed by atoms with Crippen molar-refractivity contribution in [1.29, 1.82) is 0 Å². The number of ether oxygens (including phenoxy) is 2. The number of nitrogens with zero attached hydrogens (tertiary/aromatic N) is 3. The van der Waals surface area contributed by atoms with Gasteiger partial charge in [0.05, 0.1) is 5.25 Å². The Hall–Kier alpha value is -2.22. The molecule has 1 fully saturated rings. The van der Waals surface area contributed by atoms with E-state index >= 15 is 0 Å². The monoisotopic (exact) mass is 416 g/mol. The van der Waals surface area contributed by atoms with Gasteiger partial charge >= 0.3 is 0 Å². The summed E-state index contributed by atoms with van der Waals surface area (Å²) in [5.74, 6) is 2.81. The maximum atomic E-state index is 12.5. The molecular formula is C21H28N4O3S. The molecule has 2 atom stereocenters. The zero-order chi connectivity index (χ0) is 20.2. The molecule has 2 heterocycles. The van der Waals surface area contributed by atoms with E-state index in [4.69, 9.17) is 9.47 Å². The highest BCUT2D eigenvalue weighted by Gasteiger charge is 2.28. The SMILES string of the molecule is CC(Sc1nnc(C2COc3ccccc3O2)n1C)C(=O)NCC1CCCCC1. The van der Waals surface area contributed by atoms with Crippen molar-refractivity contribution >= 4 is 17.7 Å². The number of rotatable bonds is 6. The van der Waals surface area contributed by atoms with Gasteiger partial charge in [-0.3, -0.25) is 4.79 Å². The Kier molecular flexibility index (Phi) is 6.28. The number of benzene rings is 1. The first kappa shape index (κ1) is 20.1. The highest BCUT2D eigenvalue weighted by Crippen LogP contribution is 2.36. The van der Waals surface area contributed by atoms with Crippen LogP contribution in [0.4, 0.5) is 0 Å². The third-order valence-electron chi connectivity index (χ3n) is 5.61. The normalized spacial score (nSPS) is 20.3. The van der Waals surface area contributed by atoms with Crippen molar-refractivity contribution in [2.75, 3.05) is 13.2 Å². The van der Waals surface area contributed by atoms with E-state index in [1.54, 1.807) is 0 Å². The molecule has 1 aromatic carbocycles. The molecule has 1 amide bonds. The van der Waals surface area contributed by atoms with Gasteiger partial charge in [-0.05, 0) is 37.8 Å². The van der Waals surface area contributed by atoms with Crippen molar-refractivity contribution in [2.24, 2.45) is 13.0 Å². The average Bonchev–Trinajstić information content (AvgIpc) is 3.12. The molecule has 29 heavy (non-hydrogen) atoms. The van der Waals surface area contributed by atoms with Crippen LogP contribution in [0.3, 0.4) is 0 Å². The van der Waals surface area contributed by atoms with Gasteiger partial charge in [0.1, 0.15) is 6.61 Å². The van der Waals surface area contributed by atoms with Crippen molar-refractivity contribution in [3.8, 4) is 11.5 Å². The summed E-state index contributed by atoms with van der Waals surface area (Å²) in [6, 6.07) is 7.60. The molecule has 4 rings (SSSR count). The van der Waals surface area contributed by atoms with E-state index in [0.717, 1.165) is 12.3 Å². The second-order valence-electron chi connectivity index (χ2n) is 7.77. The first-order chi connectivity index (χ1) is 14.1. The van der Waals surface area contributed by atoms with Crippen LogP contribution in [0, 0.1) is 5.92 Å². The van der Waals surface area contributed by atoms with Crippen LogP contribution in [0.15, 0.2) is 29.4 Å². The predicted octanol–water partition coefficient (Wildman–Crippen LogP) is 3.50. The molecule has 1 saturated carbocycles. The molecule has 0 spiro atoms. The first-order valence-corrected chi connectivity index (χ1v) is 11.2. The van der Waals surface area contributed by atoms with Crippen LogP contribution in [0.25, 0.3) is 0 Å². The van der Waals surface area contributed by atoms with Gasteiger partial charge in [0, 0.05) is 13.6 Å². The van der Waals surface area contributed by atoms with Gasteiger partial charge in [0.2, 0.25) is 5.91 Å². The summed E-state index contributed by atoms with van der Waals surface area (Å²) < 4.78 is 13.7. The number of para-hydroxylation sites is 2. The number of nitrogens with one attached hydrogen (secondary N) is 1. The first-order valence-electron chi connectivity index (χ1n) is 10.3. The number of thioether (sulfide) groups is 1. The topological polar surface area (TPSA) is 78.3 Å². The second kappa shape index (κ2) is 9.07. The zero-order valence-electron chi connectivity index (χ0n) is 17.0. The lowest BCUT2D eigenvalue weighted by atomic mass is 9.89. The van der Waals surface area contributed by atoms with E-state index in [1.165, 1.54) is 43.9 Å². The molecule has 1 N–H and O–H groups in total. The molecule has 2 unspecified atom stereocenters. The van der Waals surface area contributed by atoms with E-state index in [0.29, 0.717) is 29.3 Å². The fourth-order valence-corrected chi connectivity index (χ4v) is 4.69. The van der Waals surface area contributed by atoms with E-state index in [9.17, 15) is 4.79 Å². The highest BCUT2D eigenvalue weighted by atomic mass is 32.2. The van der Waals surface area contributed by atoms with Gasteiger partial charge in [-0.2, -0.15) is 0 Å². The fourth-order valence-electron chi connectivity index (χ4n) is 3.85. The summed E-state index contributed by atoms with van der Waals surface area (Å²) in [5, 5.41) is 12.1. The minimum atomic E-state index is -0.327. The molecule has 8 heteroatoms. The lowest BCUT2D eigenvalue weighted by molar-refractivity contribution is -0.120. The smallest absolute Gasteiger partial charge is 0.233 e. The van der Waals surface area contributed by atoms with Gasteiger partial charge in [-0.1, -0.05) is 43.2 Å². The zero-order valence-corrected chi connectivity index (χ0v) is 17.8. The molecule has 0 saturated heterocycles. The van der Waals surface area contributed by atoms with Gasteiger partial charge in [-0.15, -0.1) is 10.2 Å². The van der Waals surface area contributed by atoms with Gasteiger partial charge in [0.25, 0.3) is 0 Å². The number of hydrogen-bond donors (Lipinski definition) is 1. The summed E-state index contributed by atoms with van der Waals surface area (Å²) in [4.78, 5) is 12.5. The Balaban J connectivity index is 1.34. The number of carbonyl (C=O) groups excluding carboxylic acids is 1.